The van der Waals surface area contributed by atoms with Crippen LogP contribution in [0.5, 0.6) is 5.75 Å². The van der Waals surface area contributed by atoms with Crippen molar-refractivity contribution in [3.8, 4) is 5.75 Å². The molecule has 0 saturated heterocycles. The van der Waals surface area contributed by atoms with E-state index < -0.39 is 0 Å². The predicted molar refractivity (Wildman–Crippen MR) is 139 cm³/mol. The lowest BCUT2D eigenvalue weighted by molar-refractivity contribution is 0.0952. The Morgan fingerprint density at radius 2 is 1.94 bits per heavy atom. The van der Waals surface area contributed by atoms with Crippen molar-refractivity contribution in [2.45, 2.75) is 32.6 Å². The summed E-state index contributed by atoms with van der Waals surface area (Å²) in [5.74, 6) is 0.828. The van der Waals surface area contributed by atoms with Gasteiger partial charge in [0, 0.05) is 18.9 Å². The first-order chi connectivity index (χ1) is 15.5. The molecule has 3 aromatic heterocycles. The molecule has 4 aromatic rings. The van der Waals surface area contributed by atoms with Crippen LogP contribution in [-0.4, -0.2) is 33.4 Å². The van der Waals surface area contributed by atoms with Gasteiger partial charge in [0.2, 0.25) is 0 Å². The minimum absolute atomic E-state index is 0. The molecule has 1 N–H and O–H groups in total. The van der Waals surface area contributed by atoms with Gasteiger partial charge in [-0.05, 0) is 60.7 Å². The molecule has 0 unspecified atom stereocenters. The maximum atomic E-state index is 13.1. The van der Waals surface area contributed by atoms with E-state index in [1.54, 1.807) is 30.7 Å². The van der Waals surface area contributed by atoms with Crippen LogP contribution in [0, 0.1) is 0 Å². The summed E-state index contributed by atoms with van der Waals surface area (Å²) in [5.41, 5.74) is 2.51. The zero-order chi connectivity index (χ0) is 22.5. The molecular formula is C25H28Cl2N4O3. The summed E-state index contributed by atoms with van der Waals surface area (Å²) in [7, 11) is 0. The SMILES string of the molecule is CC(C)c1ccc2nc3ccc(C(=O)NCCCCOc4cccnc4)cn3c(=O)c2c1.Cl.Cl. The van der Waals surface area contributed by atoms with Crippen LogP contribution < -0.4 is 15.6 Å². The lowest BCUT2D eigenvalue weighted by Crippen LogP contribution is -2.26. The molecule has 0 aliphatic rings. The first-order valence-corrected chi connectivity index (χ1v) is 10.8. The number of unbranched alkanes of at least 4 members (excludes halogenated alkanes) is 1. The number of carbonyl (C=O) groups is 1. The van der Waals surface area contributed by atoms with Gasteiger partial charge in [0.05, 0.1) is 29.3 Å². The van der Waals surface area contributed by atoms with Gasteiger partial charge in [-0.25, -0.2) is 4.98 Å². The number of aromatic nitrogens is 3. The van der Waals surface area contributed by atoms with Crippen LogP contribution in [0.15, 0.2) is 65.8 Å². The van der Waals surface area contributed by atoms with Crippen LogP contribution >= 0.6 is 24.8 Å². The number of carbonyl (C=O) groups excluding carboxylic acids is 1. The second-order valence-electron chi connectivity index (χ2n) is 7.99. The summed E-state index contributed by atoms with van der Waals surface area (Å²) < 4.78 is 7.04. The van der Waals surface area contributed by atoms with Crippen LogP contribution in [0.3, 0.4) is 0 Å². The maximum Gasteiger partial charge on any atom is 0.265 e. The van der Waals surface area contributed by atoms with Crippen LogP contribution in [0.25, 0.3) is 16.6 Å². The molecule has 9 heteroatoms. The molecule has 1 aromatic carbocycles. The highest BCUT2D eigenvalue weighted by Gasteiger charge is 2.11. The molecule has 0 spiro atoms. The molecule has 34 heavy (non-hydrogen) atoms. The Labute approximate surface area is 210 Å². The zero-order valence-electron chi connectivity index (χ0n) is 19.1. The standard InChI is InChI=1S/C25H26N4O3.2ClH/c1-17(2)18-7-9-22-21(14-18)25(31)29-16-19(8-10-23(29)28-22)24(30)27-12-3-4-13-32-20-6-5-11-26-15-20;;/h5-11,14-17H,3-4,12-13H2,1-2H3,(H,27,30);2*1H. The van der Waals surface area contributed by atoms with Gasteiger partial charge in [-0.1, -0.05) is 19.9 Å². The fraction of sp³-hybridized carbons (Fsp3) is 0.280. The van der Waals surface area contributed by atoms with Crippen LogP contribution in [-0.2, 0) is 0 Å². The summed E-state index contributed by atoms with van der Waals surface area (Å²) in [6.07, 6.45) is 6.52. The number of hydrogen-bond acceptors (Lipinski definition) is 5. The van der Waals surface area contributed by atoms with Gasteiger partial charge in [-0.15, -0.1) is 24.8 Å². The van der Waals surface area contributed by atoms with Crippen LogP contribution in [0.4, 0.5) is 0 Å². The van der Waals surface area contributed by atoms with E-state index >= 15 is 0 Å². The van der Waals surface area contributed by atoms with E-state index in [4.69, 9.17) is 4.74 Å². The number of pyridine rings is 2. The summed E-state index contributed by atoms with van der Waals surface area (Å²) in [6, 6.07) is 12.8. The number of benzene rings is 1. The Kier molecular flexibility index (Phi) is 9.83. The van der Waals surface area contributed by atoms with Crippen molar-refractivity contribution in [2.75, 3.05) is 13.2 Å². The van der Waals surface area contributed by atoms with Gasteiger partial charge >= 0.3 is 0 Å². The summed E-state index contributed by atoms with van der Waals surface area (Å²) in [6.45, 7) is 5.25. The van der Waals surface area contributed by atoms with Crippen molar-refractivity contribution in [3.63, 3.8) is 0 Å². The smallest absolute Gasteiger partial charge is 0.265 e. The maximum absolute atomic E-state index is 13.1. The molecule has 0 saturated carbocycles. The monoisotopic (exact) mass is 502 g/mol. The minimum atomic E-state index is -0.219. The highest BCUT2D eigenvalue weighted by molar-refractivity contribution is 5.94. The van der Waals surface area contributed by atoms with Crippen molar-refractivity contribution < 1.29 is 9.53 Å². The number of ether oxygens (including phenoxy) is 1. The number of fused-ring (bicyclic) bond motifs is 2. The Morgan fingerprint density at radius 1 is 1.12 bits per heavy atom. The van der Waals surface area contributed by atoms with Crippen molar-refractivity contribution in [2.24, 2.45) is 0 Å². The van der Waals surface area contributed by atoms with Gasteiger partial charge in [-0.3, -0.25) is 19.0 Å². The number of hydrogen-bond donors (Lipinski definition) is 1. The molecule has 7 nitrogen and oxygen atoms in total. The van der Waals surface area contributed by atoms with Gasteiger partial charge in [0.25, 0.3) is 11.5 Å². The Morgan fingerprint density at radius 3 is 2.68 bits per heavy atom. The third-order valence-corrected chi connectivity index (χ3v) is 5.32. The highest BCUT2D eigenvalue weighted by Crippen LogP contribution is 2.19. The van der Waals surface area contributed by atoms with Gasteiger partial charge < -0.3 is 10.1 Å². The molecule has 180 valence electrons. The van der Waals surface area contributed by atoms with E-state index in [2.05, 4.69) is 29.1 Å². The van der Waals surface area contributed by atoms with E-state index in [9.17, 15) is 9.59 Å². The van der Waals surface area contributed by atoms with Crippen LogP contribution in [0.1, 0.15) is 48.5 Å². The van der Waals surface area contributed by atoms with E-state index in [1.165, 1.54) is 4.40 Å². The predicted octanol–water partition coefficient (Wildman–Crippen LogP) is 4.80. The topological polar surface area (TPSA) is 85.6 Å². The molecule has 3 heterocycles. The molecule has 0 bridgehead atoms. The quantitative estimate of drug-likeness (QED) is 0.276. The number of rotatable bonds is 8. The minimum Gasteiger partial charge on any atom is -0.492 e. The fourth-order valence-electron chi connectivity index (χ4n) is 3.47. The average Bonchev–Trinajstić information content (AvgIpc) is 2.81. The molecule has 4 rings (SSSR count). The highest BCUT2D eigenvalue weighted by atomic mass is 35.5. The molecule has 1 amide bonds. The fourth-order valence-corrected chi connectivity index (χ4v) is 3.47. The van der Waals surface area contributed by atoms with E-state index in [-0.39, 0.29) is 36.3 Å². The first-order valence-electron chi connectivity index (χ1n) is 10.8. The Bertz CT molecular complexity index is 1310. The molecule has 0 aliphatic heterocycles. The van der Waals surface area contributed by atoms with E-state index in [0.29, 0.717) is 41.2 Å². The van der Waals surface area contributed by atoms with Gasteiger partial charge in [0.15, 0.2) is 0 Å². The van der Waals surface area contributed by atoms with Gasteiger partial charge in [-0.2, -0.15) is 0 Å². The first kappa shape index (κ1) is 27.1. The Hall–Kier alpha value is -3.16. The van der Waals surface area contributed by atoms with Crippen molar-refractivity contribution in [3.05, 3.63) is 82.5 Å². The zero-order valence-corrected chi connectivity index (χ0v) is 20.7. The third kappa shape index (κ3) is 6.24. The lowest BCUT2D eigenvalue weighted by Gasteiger charge is -2.10. The van der Waals surface area contributed by atoms with Crippen molar-refractivity contribution in [1.82, 2.24) is 19.7 Å². The molecular weight excluding hydrogens is 475 g/mol. The summed E-state index contributed by atoms with van der Waals surface area (Å²) in [5, 5.41) is 3.46. The second kappa shape index (κ2) is 12.3. The summed E-state index contributed by atoms with van der Waals surface area (Å²) in [4.78, 5) is 34.2. The second-order valence-corrected chi connectivity index (χ2v) is 7.99. The van der Waals surface area contributed by atoms with Crippen molar-refractivity contribution in [1.29, 1.82) is 0 Å². The molecule has 0 fully saturated rings. The summed E-state index contributed by atoms with van der Waals surface area (Å²) >= 11 is 0. The molecule has 0 aliphatic carbocycles. The number of nitrogens with one attached hydrogen (secondary N) is 1. The largest absolute Gasteiger partial charge is 0.492 e. The number of amides is 1. The van der Waals surface area contributed by atoms with Crippen LogP contribution in [0.2, 0.25) is 0 Å². The molecule has 0 atom stereocenters. The Balaban J connectivity index is 0.00000204. The number of halogens is 2. The normalized spacial score (nSPS) is 10.6. The third-order valence-electron chi connectivity index (χ3n) is 5.32. The van der Waals surface area contributed by atoms with E-state index in [1.807, 2.05) is 30.3 Å². The van der Waals surface area contributed by atoms with Crippen molar-refractivity contribution >= 4 is 47.3 Å². The molecule has 0 radical (unpaired) electrons. The lowest BCUT2D eigenvalue weighted by atomic mass is 10.0. The average molecular weight is 503 g/mol. The number of nitrogens with zero attached hydrogens (tertiary/aromatic N) is 3. The van der Waals surface area contributed by atoms with Gasteiger partial charge in [0.1, 0.15) is 11.4 Å². The van der Waals surface area contributed by atoms with E-state index in [0.717, 1.165) is 24.2 Å².